The van der Waals surface area contributed by atoms with Gasteiger partial charge in [0.2, 0.25) is 5.91 Å². The number of carbonyl (C=O) groups excluding carboxylic acids is 2. The zero-order valence-corrected chi connectivity index (χ0v) is 13.0. The van der Waals surface area contributed by atoms with Gasteiger partial charge < -0.3 is 15.5 Å². The summed E-state index contributed by atoms with van der Waals surface area (Å²) in [5.41, 5.74) is 1.27. The maximum Gasteiger partial charge on any atom is 0.256 e. The Balaban J connectivity index is 2.28. The highest BCUT2D eigenvalue weighted by atomic mass is 35.5. The summed E-state index contributed by atoms with van der Waals surface area (Å²) >= 11 is 6.02. The summed E-state index contributed by atoms with van der Waals surface area (Å²) in [6.07, 6.45) is 0.957. The molecule has 0 saturated carbocycles. The molecule has 0 aromatic heterocycles. The molecule has 0 bridgehead atoms. The summed E-state index contributed by atoms with van der Waals surface area (Å²) in [6.45, 7) is 5.55. The largest absolute Gasteiger partial charge is 0.384 e. The molecule has 5 nitrogen and oxygen atoms in total. The van der Waals surface area contributed by atoms with E-state index in [0.717, 1.165) is 18.7 Å². The first kappa shape index (κ1) is 15.6. The molecular weight excluding hydrogens is 290 g/mol. The molecule has 2 rings (SSSR count). The minimum atomic E-state index is -0.468. The molecule has 1 heterocycles. The van der Waals surface area contributed by atoms with Crippen LogP contribution in [0.3, 0.4) is 0 Å². The van der Waals surface area contributed by atoms with Gasteiger partial charge in [-0.2, -0.15) is 0 Å². The second kappa shape index (κ2) is 6.80. The van der Waals surface area contributed by atoms with Gasteiger partial charge in [-0.1, -0.05) is 18.5 Å². The van der Waals surface area contributed by atoms with E-state index in [2.05, 4.69) is 17.6 Å². The molecule has 1 aromatic rings. The number of piperazine rings is 1. The second-order valence-electron chi connectivity index (χ2n) is 5.08. The third-order valence-electron chi connectivity index (χ3n) is 3.54. The summed E-state index contributed by atoms with van der Waals surface area (Å²) in [4.78, 5) is 26.0. The summed E-state index contributed by atoms with van der Waals surface area (Å²) in [5.74, 6) is -0.293. The predicted molar refractivity (Wildman–Crippen MR) is 83.7 cm³/mol. The van der Waals surface area contributed by atoms with E-state index in [-0.39, 0.29) is 11.8 Å². The van der Waals surface area contributed by atoms with E-state index in [1.165, 1.54) is 0 Å². The number of hydrogen-bond donors (Lipinski definition) is 2. The standard InChI is InChI=1S/C15H20ClN3O2/c1-3-6-17-13-5-4-11(16)9-12(13)15(21)19-8-7-18-14(20)10(19)2/h4-5,9-10,17H,3,6-8H2,1-2H3,(H,18,20). The molecule has 0 spiro atoms. The molecule has 0 radical (unpaired) electrons. The summed E-state index contributed by atoms with van der Waals surface area (Å²) in [5, 5.41) is 6.49. The molecule has 1 unspecified atom stereocenters. The number of halogens is 1. The molecule has 21 heavy (non-hydrogen) atoms. The van der Waals surface area contributed by atoms with E-state index < -0.39 is 6.04 Å². The van der Waals surface area contributed by atoms with Gasteiger partial charge in [0.05, 0.1) is 5.56 Å². The Kier molecular flexibility index (Phi) is 5.07. The smallest absolute Gasteiger partial charge is 0.256 e. The Hall–Kier alpha value is -1.75. The van der Waals surface area contributed by atoms with Crippen LogP contribution >= 0.6 is 11.6 Å². The van der Waals surface area contributed by atoms with Crippen LogP contribution in [0.1, 0.15) is 30.6 Å². The van der Waals surface area contributed by atoms with Crippen molar-refractivity contribution in [2.45, 2.75) is 26.3 Å². The van der Waals surface area contributed by atoms with Crippen molar-refractivity contribution in [3.05, 3.63) is 28.8 Å². The fourth-order valence-electron chi connectivity index (χ4n) is 2.32. The molecular formula is C15H20ClN3O2. The van der Waals surface area contributed by atoms with Crippen molar-refractivity contribution >= 4 is 29.1 Å². The van der Waals surface area contributed by atoms with Gasteiger partial charge in [0.1, 0.15) is 6.04 Å². The number of rotatable bonds is 4. The lowest BCUT2D eigenvalue weighted by atomic mass is 10.1. The summed E-state index contributed by atoms with van der Waals surface area (Å²) in [7, 11) is 0. The summed E-state index contributed by atoms with van der Waals surface area (Å²) in [6, 6.07) is 4.74. The van der Waals surface area contributed by atoms with Crippen LogP contribution in [-0.4, -0.2) is 42.4 Å². The van der Waals surface area contributed by atoms with Gasteiger partial charge in [0.15, 0.2) is 0 Å². The van der Waals surface area contributed by atoms with Crippen LogP contribution in [0.5, 0.6) is 0 Å². The van der Waals surface area contributed by atoms with Gasteiger partial charge >= 0.3 is 0 Å². The third-order valence-corrected chi connectivity index (χ3v) is 3.77. The number of benzene rings is 1. The normalized spacial score (nSPS) is 18.3. The van der Waals surface area contributed by atoms with E-state index in [1.54, 1.807) is 30.0 Å². The number of nitrogens with one attached hydrogen (secondary N) is 2. The second-order valence-corrected chi connectivity index (χ2v) is 5.52. The Morgan fingerprint density at radius 3 is 3.00 bits per heavy atom. The van der Waals surface area contributed by atoms with Crippen molar-refractivity contribution in [1.29, 1.82) is 0 Å². The van der Waals surface area contributed by atoms with Crippen molar-refractivity contribution in [3.63, 3.8) is 0 Å². The molecule has 1 atom stereocenters. The maximum absolute atomic E-state index is 12.7. The van der Waals surface area contributed by atoms with Crippen LogP contribution in [0.4, 0.5) is 5.69 Å². The lowest BCUT2D eigenvalue weighted by Crippen LogP contribution is -2.55. The van der Waals surface area contributed by atoms with Crippen molar-refractivity contribution < 1.29 is 9.59 Å². The van der Waals surface area contributed by atoms with Crippen LogP contribution in [0.25, 0.3) is 0 Å². The monoisotopic (exact) mass is 309 g/mol. The number of amides is 2. The quantitative estimate of drug-likeness (QED) is 0.895. The van der Waals surface area contributed by atoms with Gasteiger partial charge in [-0.3, -0.25) is 9.59 Å². The zero-order valence-electron chi connectivity index (χ0n) is 12.3. The van der Waals surface area contributed by atoms with E-state index in [1.807, 2.05) is 0 Å². The average Bonchev–Trinajstić information content (AvgIpc) is 2.48. The third kappa shape index (κ3) is 3.47. The number of nitrogens with zero attached hydrogens (tertiary/aromatic N) is 1. The van der Waals surface area contributed by atoms with Crippen LogP contribution in [-0.2, 0) is 4.79 Å². The summed E-state index contributed by atoms with van der Waals surface area (Å²) < 4.78 is 0. The number of anilines is 1. The van der Waals surface area contributed by atoms with E-state index in [9.17, 15) is 9.59 Å². The number of hydrogen-bond acceptors (Lipinski definition) is 3. The number of carbonyl (C=O) groups is 2. The molecule has 6 heteroatoms. The van der Waals surface area contributed by atoms with Gasteiger partial charge in [0.25, 0.3) is 5.91 Å². The highest BCUT2D eigenvalue weighted by Gasteiger charge is 2.30. The average molecular weight is 310 g/mol. The van der Waals surface area contributed by atoms with Gasteiger partial charge in [0, 0.05) is 30.3 Å². The van der Waals surface area contributed by atoms with E-state index in [4.69, 9.17) is 11.6 Å². The zero-order chi connectivity index (χ0) is 15.4. The minimum absolute atomic E-state index is 0.125. The topological polar surface area (TPSA) is 61.4 Å². The molecule has 1 aliphatic rings. The first-order valence-corrected chi connectivity index (χ1v) is 7.54. The first-order valence-electron chi connectivity index (χ1n) is 7.16. The van der Waals surface area contributed by atoms with Gasteiger partial charge in [-0.25, -0.2) is 0 Å². The SMILES string of the molecule is CCCNc1ccc(Cl)cc1C(=O)N1CCNC(=O)C1C. The van der Waals surface area contributed by atoms with Crippen LogP contribution in [0, 0.1) is 0 Å². The fourth-order valence-corrected chi connectivity index (χ4v) is 2.49. The fraction of sp³-hybridized carbons (Fsp3) is 0.467. The van der Waals surface area contributed by atoms with Gasteiger partial charge in [-0.15, -0.1) is 0 Å². The first-order chi connectivity index (χ1) is 10.0. The lowest BCUT2D eigenvalue weighted by molar-refractivity contribution is -0.127. The maximum atomic E-state index is 12.7. The molecule has 1 aromatic carbocycles. The molecule has 2 N–H and O–H groups in total. The molecule has 1 saturated heterocycles. The highest BCUT2D eigenvalue weighted by molar-refractivity contribution is 6.31. The Morgan fingerprint density at radius 2 is 2.29 bits per heavy atom. The molecule has 0 aliphatic carbocycles. The molecule has 1 aliphatic heterocycles. The Labute approximate surface area is 129 Å². The molecule has 114 valence electrons. The van der Waals surface area contributed by atoms with E-state index in [0.29, 0.717) is 23.7 Å². The van der Waals surface area contributed by atoms with Crippen LogP contribution in [0.15, 0.2) is 18.2 Å². The minimum Gasteiger partial charge on any atom is -0.384 e. The molecule has 1 fully saturated rings. The predicted octanol–water partition coefficient (Wildman–Crippen LogP) is 2.12. The Morgan fingerprint density at radius 1 is 1.52 bits per heavy atom. The highest BCUT2D eigenvalue weighted by Crippen LogP contribution is 2.23. The van der Waals surface area contributed by atoms with Crippen molar-refractivity contribution in [2.75, 3.05) is 25.0 Å². The van der Waals surface area contributed by atoms with Crippen LogP contribution < -0.4 is 10.6 Å². The van der Waals surface area contributed by atoms with Crippen molar-refractivity contribution in [3.8, 4) is 0 Å². The van der Waals surface area contributed by atoms with Crippen molar-refractivity contribution in [2.24, 2.45) is 0 Å². The van der Waals surface area contributed by atoms with Gasteiger partial charge in [-0.05, 0) is 31.5 Å². The Bertz CT molecular complexity index is 548. The van der Waals surface area contributed by atoms with Crippen molar-refractivity contribution in [1.82, 2.24) is 10.2 Å². The van der Waals surface area contributed by atoms with Crippen LogP contribution in [0.2, 0.25) is 5.02 Å². The van der Waals surface area contributed by atoms with E-state index >= 15 is 0 Å². The lowest BCUT2D eigenvalue weighted by Gasteiger charge is -2.33. The molecule has 2 amide bonds.